The summed E-state index contributed by atoms with van der Waals surface area (Å²) in [6, 6.07) is 0. The van der Waals surface area contributed by atoms with Crippen molar-refractivity contribution in [3.05, 3.63) is 11.6 Å². The average molecular weight is 389 g/mol. The average Bonchev–Trinajstić information content (AvgIpc) is 2.96. The second-order valence-corrected chi connectivity index (χ2v) is 8.57. The molecule has 2 N–H and O–H groups in total. The van der Waals surface area contributed by atoms with E-state index in [1.54, 1.807) is 0 Å². The van der Waals surface area contributed by atoms with Crippen molar-refractivity contribution >= 4 is 11.8 Å². The minimum absolute atomic E-state index is 0.0772. The van der Waals surface area contributed by atoms with E-state index in [2.05, 4.69) is 19.7 Å². The van der Waals surface area contributed by atoms with E-state index in [9.17, 15) is 9.59 Å². The minimum Gasteiger partial charge on any atom is -0.369 e. The molecule has 3 aliphatic rings. The minimum atomic E-state index is -0.238. The highest BCUT2D eigenvalue weighted by atomic mass is 16.2. The van der Waals surface area contributed by atoms with Gasteiger partial charge in [-0.3, -0.25) is 14.5 Å². The maximum Gasteiger partial charge on any atom is 0.236 e. The second-order valence-electron chi connectivity index (χ2n) is 8.57. The fraction of sp³-hybridized carbons (Fsp3) is 0.800. The van der Waals surface area contributed by atoms with E-state index in [1.807, 2.05) is 4.90 Å². The van der Waals surface area contributed by atoms with Gasteiger partial charge >= 0.3 is 0 Å². The van der Waals surface area contributed by atoms with Crippen molar-refractivity contribution in [3.63, 3.8) is 0 Å². The van der Waals surface area contributed by atoms with Crippen LogP contribution in [0.15, 0.2) is 0 Å². The largest absolute Gasteiger partial charge is 0.369 e. The summed E-state index contributed by atoms with van der Waals surface area (Å²) in [6.45, 7) is 4.60. The Morgan fingerprint density at radius 3 is 2.57 bits per heavy atom. The lowest BCUT2D eigenvalue weighted by molar-refractivity contribution is -0.136. The number of hydrogen-bond acceptors (Lipinski definition) is 5. The van der Waals surface area contributed by atoms with Gasteiger partial charge in [0.1, 0.15) is 11.6 Å². The zero-order valence-electron chi connectivity index (χ0n) is 16.7. The summed E-state index contributed by atoms with van der Waals surface area (Å²) in [5, 5.41) is 8.99. The molecule has 1 unspecified atom stereocenters. The van der Waals surface area contributed by atoms with Gasteiger partial charge in [-0.25, -0.2) is 0 Å². The molecule has 0 spiro atoms. The van der Waals surface area contributed by atoms with E-state index < -0.39 is 0 Å². The first-order valence-electron chi connectivity index (χ1n) is 10.8. The summed E-state index contributed by atoms with van der Waals surface area (Å²) in [4.78, 5) is 28.2. The van der Waals surface area contributed by atoms with Crippen LogP contribution >= 0.6 is 0 Å². The Balaban J connectivity index is 1.34. The lowest BCUT2D eigenvalue weighted by Crippen LogP contribution is -2.47. The van der Waals surface area contributed by atoms with Crippen LogP contribution in [0.5, 0.6) is 0 Å². The first-order chi connectivity index (χ1) is 13.6. The topological polar surface area (TPSA) is 97.3 Å². The number of hydrogen-bond donors (Lipinski definition) is 1. The Morgan fingerprint density at radius 1 is 0.964 bits per heavy atom. The molecule has 0 radical (unpaired) electrons. The van der Waals surface area contributed by atoms with Crippen molar-refractivity contribution in [2.45, 2.75) is 63.8 Å². The fourth-order valence-corrected chi connectivity index (χ4v) is 4.92. The zero-order valence-corrected chi connectivity index (χ0v) is 16.7. The Kier molecular flexibility index (Phi) is 5.94. The quantitative estimate of drug-likeness (QED) is 0.827. The van der Waals surface area contributed by atoms with Gasteiger partial charge in [-0.2, -0.15) is 0 Å². The molecule has 2 saturated heterocycles. The van der Waals surface area contributed by atoms with Crippen molar-refractivity contribution in [1.29, 1.82) is 0 Å². The van der Waals surface area contributed by atoms with Gasteiger partial charge in [-0.15, -0.1) is 10.2 Å². The lowest BCUT2D eigenvalue weighted by atomic mass is 9.95. The first kappa shape index (κ1) is 19.4. The number of aromatic nitrogens is 3. The number of carbonyl (C=O) groups excluding carboxylic acids is 2. The van der Waals surface area contributed by atoms with Gasteiger partial charge in [0.25, 0.3) is 0 Å². The molecule has 4 rings (SSSR count). The highest BCUT2D eigenvalue weighted by Gasteiger charge is 2.30. The van der Waals surface area contributed by atoms with Crippen molar-refractivity contribution in [1.82, 2.24) is 24.6 Å². The highest BCUT2D eigenvalue weighted by Crippen LogP contribution is 2.28. The standard InChI is InChI=1S/C20H32N6O2/c21-19(28)15-7-11-25(12-8-15)18(27)14-24-9-4-5-16(13-24)20-23-22-17-6-2-1-3-10-26(17)20/h15-16H,1-14H2,(H2,21,28). The van der Waals surface area contributed by atoms with Crippen LogP contribution in [-0.2, 0) is 22.6 Å². The molecule has 154 valence electrons. The molecule has 0 saturated carbocycles. The first-order valence-corrected chi connectivity index (χ1v) is 10.8. The molecule has 2 amide bonds. The molecular formula is C20H32N6O2. The van der Waals surface area contributed by atoms with E-state index in [4.69, 9.17) is 5.73 Å². The Labute approximate surface area is 166 Å². The van der Waals surface area contributed by atoms with Crippen molar-refractivity contribution in [3.8, 4) is 0 Å². The fourth-order valence-electron chi connectivity index (χ4n) is 4.92. The van der Waals surface area contributed by atoms with Crippen LogP contribution in [0.1, 0.15) is 62.5 Å². The molecule has 0 bridgehead atoms. The van der Waals surface area contributed by atoms with E-state index >= 15 is 0 Å². The molecule has 0 aliphatic carbocycles. The summed E-state index contributed by atoms with van der Waals surface area (Å²) >= 11 is 0. The summed E-state index contributed by atoms with van der Waals surface area (Å²) in [7, 11) is 0. The number of amides is 2. The molecule has 2 fully saturated rings. The van der Waals surface area contributed by atoms with E-state index in [-0.39, 0.29) is 17.7 Å². The summed E-state index contributed by atoms with van der Waals surface area (Å²) in [5.41, 5.74) is 5.39. The van der Waals surface area contributed by atoms with Crippen molar-refractivity contribution in [2.24, 2.45) is 11.7 Å². The summed E-state index contributed by atoms with van der Waals surface area (Å²) in [6.07, 6.45) is 8.29. The number of likely N-dealkylation sites (tertiary alicyclic amines) is 2. The predicted octanol–water partition coefficient (Wildman–Crippen LogP) is 0.908. The van der Waals surface area contributed by atoms with Crippen LogP contribution in [-0.4, -0.2) is 69.1 Å². The third-order valence-electron chi connectivity index (χ3n) is 6.62. The van der Waals surface area contributed by atoms with Crippen LogP contribution in [0.2, 0.25) is 0 Å². The van der Waals surface area contributed by atoms with Gasteiger partial charge in [-0.1, -0.05) is 6.42 Å². The summed E-state index contributed by atoms with van der Waals surface area (Å²) in [5.74, 6) is 2.48. The van der Waals surface area contributed by atoms with Crippen LogP contribution < -0.4 is 5.73 Å². The van der Waals surface area contributed by atoms with Crippen molar-refractivity contribution in [2.75, 3.05) is 32.7 Å². The van der Waals surface area contributed by atoms with Gasteiger partial charge in [0, 0.05) is 44.4 Å². The molecule has 0 aromatic carbocycles. The monoisotopic (exact) mass is 388 g/mol. The maximum atomic E-state index is 12.7. The van der Waals surface area contributed by atoms with Crippen LogP contribution in [0.4, 0.5) is 0 Å². The van der Waals surface area contributed by atoms with Crippen LogP contribution in [0.3, 0.4) is 0 Å². The number of fused-ring (bicyclic) bond motifs is 1. The number of primary amides is 1. The number of nitrogens with two attached hydrogens (primary N) is 1. The van der Waals surface area contributed by atoms with Gasteiger partial charge in [0.05, 0.1) is 6.54 Å². The molecule has 1 atom stereocenters. The third kappa shape index (κ3) is 4.21. The molecule has 8 nitrogen and oxygen atoms in total. The normalized spacial score (nSPS) is 24.6. The lowest BCUT2D eigenvalue weighted by Gasteiger charge is -2.35. The Bertz CT molecular complexity index is 710. The van der Waals surface area contributed by atoms with Gasteiger partial charge in [-0.05, 0) is 45.1 Å². The third-order valence-corrected chi connectivity index (χ3v) is 6.62. The Morgan fingerprint density at radius 2 is 1.79 bits per heavy atom. The number of rotatable bonds is 4. The number of nitrogens with zero attached hydrogens (tertiary/aromatic N) is 5. The van der Waals surface area contributed by atoms with E-state index in [0.29, 0.717) is 38.4 Å². The van der Waals surface area contributed by atoms with Gasteiger partial charge < -0.3 is 15.2 Å². The van der Waals surface area contributed by atoms with Gasteiger partial charge in [0.2, 0.25) is 11.8 Å². The van der Waals surface area contributed by atoms with Crippen LogP contribution in [0, 0.1) is 5.92 Å². The van der Waals surface area contributed by atoms with E-state index in [0.717, 1.165) is 50.5 Å². The smallest absolute Gasteiger partial charge is 0.236 e. The maximum absolute atomic E-state index is 12.7. The van der Waals surface area contributed by atoms with Gasteiger partial charge in [0.15, 0.2) is 0 Å². The molecule has 3 aliphatic heterocycles. The molecule has 1 aromatic rings. The molecular weight excluding hydrogens is 356 g/mol. The molecule has 8 heteroatoms. The molecule has 4 heterocycles. The number of aryl methyl sites for hydroxylation is 1. The predicted molar refractivity (Wildman–Crippen MR) is 104 cm³/mol. The summed E-state index contributed by atoms with van der Waals surface area (Å²) < 4.78 is 2.34. The molecule has 28 heavy (non-hydrogen) atoms. The zero-order chi connectivity index (χ0) is 19.5. The second kappa shape index (κ2) is 8.59. The van der Waals surface area contributed by atoms with Crippen LogP contribution in [0.25, 0.3) is 0 Å². The van der Waals surface area contributed by atoms with E-state index in [1.165, 1.54) is 19.3 Å². The molecule has 1 aromatic heterocycles. The number of piperidine rings is 2. The number of carbonyl (C=O) groups is 2. The Hall–Kier alpha value is -1.96. The highest BCUT2D eigenvalue weighted by molar-refractivity contribution is 5.80. The SMILES string of the molecule is NC(=O)C1CCN(C(=O)CN2CCCC(c3nnc4n3CCCCC4)C2)CC1. The van der Waals surface area contributed by atoms with Crippen molar-refractivity contribution < 1.29 is 9.59 Å².